The number of nitrogens with one attached hydrogen (secondary N) is 1. The molecule has 1 N–H and O–H groups in total. The molecule has 1 aromatic carbocycles. The summed E-state index contributed by atoms with van der Waals surface area (Å²) in [6.45, 7) is 1.96. The molecule has 7 heteroatoms. The van der Waals surface area contributed by atoms with Gasteiger partial charge in [0, 0.05) is 24.0 Å². The van der Waals surface area contributed by atoms with E-state index in [1.54, 1.807) is 18.2 Å². The maximum atomic E-state index is 12.0. The van der Waals surface area contributed by atoms with Gasteiger partial charge in [0.2, 0.25) is 15.9 Å². The van der Waals surface area contributed by atoms with Crippen molar-refractivity contribution in [2.45, 2.75) is 45.1 Å². The number of carbonyl (C=O) groups is 1. The third-order valence-electron chi connectivity index (χ3n) is 4.11. The van der Waals surface area contributed by atoms with Crippen molar-refractivity contribution in [3.05, 3.63) is 28.8 Å². The number of halogens is 1. The van der Waals surface area contributed by atoms with Gasteiger partial charge in [0.1, 0.15) is 0 Å². The summed E-state index contributed by atoms with van der Waals surface area (Å²) in [5.41, 5.74) is 1.36. The molecule has 1 aliphatic carbocycles. The first-order chi connectivity index (χ1) is 10.8. The molecule has 0 spiro atoms. The summed E-state index contributed by atoms with van der Waals surface area (Å²) in [6.07, 6.45) is 5.57. The van der Waals surface area contributed by atoms with Crippen molar-refractivity contribution in [2.24, 2.45) is 0 Å². The molecule has 0 radical (unpaired) electrons. The number of rotatable bonds is 6. The van der Waals surface area contributed by atoms with Crippen LogP contribution in [0.25, 0.3) is 0 Å². The van der Waals surface area contributed by atoms with E-state index < -0.39 is 10.0 Å². The minimum atomic E-state index is -3.48. The number of hydrogen-bond acceptors (Lipinski definition) is 3. The molecule has 0 atom stereocenters. The van der Waals surface area contributed by atoms with E-state index >= 15 is 0 Å². The molecule has 0 bridgehead atoms. The Labute approximate surface area is 143 Å². The highest BCUT2D eigenvalue weighted by molar-refractivity contribution is 7.92. The number of carbonyl (C=O) groups excluding carboxylic acids is 1. The maximum Gasteiger partial charge on any atom is 0.232 e. The summed E-state index contributed by atoms with van der Waals surface area (Å²) in [4.78, 5) is 12.0. The average molecular weight is 359 g/mol. The van der Waals surface area contributed by atoms with Crippen molar-refractivity contribution < 1.29 is 13.2 Å². The lowest BCUT2D eigenvalue weighted by atomic mass is 10.2. The number of anilines is 1. The van der Waals surface area contributed by atoms with Gasteiger partial charge in [-0.1, -0.05) is 30.5 Å². The Bertz CT molecular complexity index is 670. The third-order valence-corrected chi connectivity index (χ3v) is 5.71. The molecule has 2 rings (SSSR count). The largest absolute Gasteiger partial charge is 0.353 e. The van der Waals surface area contributed by atoms with Gasteiger partial charge in [-0.15, -0.1) is 0 Å². The van der Waals surface area contributed by atoms with Crippen LogP contribution < -0.4 is 9.62 Å². The van der Waals surface area contributed by atoms with Gasteiger partial charge in [-0.25, -0.2) is 8.42 Å². The molecule has 0 heterocycles. The summed E-state index contributed by atoms with van der Waals surface area (Å²) < 4.78 is 25.3. The Morgan fingerprint density at radius 1 is 1.35 bits per heavy atom. The molecule has 1 fully saturated rings. The molecule has 1 aromatic rings. The molecule has 23 heavy (non-hydrogen) atoms. The molecule has 5 nitrogen and oxygen atoms in total. The van der Waals surface area contributed by atoms with Gasteiger partial charge in [-0.2, -0.15) is 0 Å². The molecule has 1 amide bonds. The number of aryl methyl sites for hydroxylation is 1. The van der Waals surface area contributed by atoms with Crippen molar-refractivity contribution in [1.29, 1.82) is 0 Å². The second-order valence-electron chi connectivity index (χ2n) is 6.07. The van der Waals surface area contributed by atoms with E-state index in [4.69, 9.17) is 11.6 Å². The number of benzene rings is 1. The van der Waals surface area contributed by atoms with Gasteiger partial charge in [-0.3, -0.25) is 9.10 Å². The zero-order valence-corrected chi connectivity index (χ0v) is 15.1. The van der Waals surface area contributed by atoms with Crippen molar-refractivity contribution in [3.63, 3.8) is 0 Å². The fourth-order valence-corrected chi connectivity index (χ4v) is 3.89. The number of sulfonamides is 1. The molecule has 1 aliphatic rings. The van der Waals surface area contributed by atoms with Crippen molar-refractivity contribution in [2.75, 3.05) is 17.1 Å². The summed E-state index contributed by atoms with van der Waals surface area (Å²) in [7, 11) is -3.48. The summed E-state index contributed by atoms with van der Waals surface area (Å²) in [5, 5.41) is 3.48. The average Bonchev–Trinajstić information content (AvgIpc) is 2.94. The van der Waals surface area contributed by atoms with Crippen LogP contribution in [0.3, 0.4) is 0 Å². The zero-order chi connectivity index (χ0) is 17.0. The Morgan fingerprint density at radius 2 is 2.00 bits per heavy atom. The Kier molecular flexibility index (Phi) is 5.92. The van der Waals surface area contributed by atoms with E-state index in [2.05, 4.69) is 5.32 Å². The van der Waals surface area contributed by atoms with Gasteiger partial charge in [-0.05, 0) is 37.5 Å². The predicted octanol–water partition coefficient (Wildman–Crippen LogP) is 2.86. The standard InChI is InChI=1S/C16H23ClN2O3S/c1-12-7-8-14(11-15(12)17)19(23(2,21)22)10-9-16(20)18-13-5-3-4-6-13/h7-8,11,13H,3-6,9-10H2,1-2H3,(H,18,20). The molecule has 0 saturated heterocycles. The van der Waals surface area contributed by atoms with Crippen molar-refractivity contribution in [3.8, 4) is 0 Å². The van der Waals surface area contributed by atoms with Crippen LogP contribution in [0.4, 0.5) is 5.69 Å². The van der Waals surface area contributed by atoms with Crippen LogP contribution in [0.2, 0.25) is 5.02 Å². The van der Waals surface area contributed by atoms with E-state index in [0.717, 1.165) is 37.5 Å². The molecule has 0 aliphatic heterocycles. The summed E-state index contributed by atoms with van der Waals surface area (Å²) >= 11 is 6.08. The molecule has 0 aromatic heterocycles. The van der Waals surface area contributed by atoms with Gasteiger partial charge in [0.05, 0.1) is 11.9 Å². The summed E-state index contributed by atoms with van der Waals surface area (Å²) in [6, 6.07) is 5.33. The van der Waals surface area contributed by atoms with E-state index in [-0.39, 0.29) is 24.9 Å². The van der Waals surface area contributed by atoms with Crippen LogP contribution in [-0.4, -0.2) is 33.2 Å². The maximum absolute atomic E-state index is 12.0. The minimum absolute atomic E-state index is 0.108. The van der Waals surface area contributed by atoms with E-state index in [1.807, 2.05) is 6.92 Å². The Morgan fingerprint density at radius 3 is 2.57 bits per heavy atom. The van der Waals surface area contributed by atoms with Crippen LogP contribution in [0.5, 0.6) is 0 Å². The van der Waals surface area contributed by atoms with Gasteiger partial charge >= 0.3 is 0 Å². The summed E-state index contributed by atoms with van der Waals surface area (Å²) in [5.74, 6) is -0.108. The second kappa shape index (κ2) is 7.53. The van der Waals surface area contributed by atoms with E-state index in [0.29, 0.717) is 10.7 Å². The predicted molar refractivity (Wildman–Crippen MR) is 93.4 cm³/mol. The third kappa shape index (κ3) is 5.11. The highest BCUT2D eigenvalue weighted by Gasteiger charge is 2.21. The topological polar surface area (TPSA) is 66.5 Å². The first kappa shape index (κ1) is 18.1. The number of nitrogens with zero attached hydrogens (tertiary/aromatic N) is 1. The fraction of sp³-hybridized carbons (Fsp3) is 0.562. The molecule has 1 saturated carbocycles. The fourth-order valence-electron chi connectivity index (χ4n) is 2.80. The highest BCUT2D eigenvalue weighted by atomic mass is 35.5. The lowest BCUT2D eigenvalue weighted by Gasteiger charge is -2.23. The lowest BCUT2D eigenvalue weighted by Crippen LogP contribution is -2.37. The normalized spacial score (nSPS) is 15.6. The van der Waals surface area contributed by atoms with Gasteiger partial charge in [0.15, 0.2) is 0 Å². The first-order valence-corrected chi connectivity index (χ1v) is 10.0. The molecular formula is C16H23ClN2O3S. The lowest BCUT2D eigenvalue weighted by molar-refractivity contribution is -0.121. The number of amides is 1. The Balaban J connectivity index is 2.04. The van der Waals surface area contributed by atoms with Gasteiger partial charge in [0.25, 0.3) is 0 Å². The van der Waals surface area contributed by atoms with Crippen LogP contribution in [-0.2, 0) is 14.8 Å². The Hall–Kier alpha value is -1.27. The van der Waals surface area contributed by atoms with Crippen molar-refractivity contribution in [1.82, 2.24) is 5.32 Å². The SMILES string of the molecule is Cc1ccc(N(CCC(=O)NC2CCCC2)S(C)(=O)=O)cc1Cl. The quantitative estimate of drug-likeness (QED) is 0.850. The van der Waals surface area contributed by atoms with Crippen LogP contribution in [0, 0.1) is 6.92 Å². The zero-order valence-electron chi connectivity index (χ0n) is 13.5. The van der Waals surface area contributed by atoms with Crippen molar-refractivity contribution >= 4 is 33.2 Å². The molecular weight excluding hydrogens is 336 g/mol. The molecule has 128 valence electrons. The minimum Gasteiger partial charge on any atom is -0.353 e. The highest BCUT2D eigenvalue weighted by Crippen LogP contribution is 2.25. The van der Waals surface area contributed by atoms with Gasteiger partial charge < -0.3 is 5.32 Å². The monoisotopic (exact) mass is 358 g/mol. The first-order valence-electron chi connectivity index (χ1n) is 7.80. The molecule has 0 unspecified atom stereocenters. The van der Waals surface area contributed by atoms with Crippen LogP contribution in [0.1, 0.15) is 37.7 Å². The van der Waals surface area contributed by atoms with Crippen LogP contribution in [0.15, 0.2) is 18.2 Å². The smallest absolute Gasteiger partial charge is 0.232 e. The van der Waals surface area contributed by atoms with Crippen LogP contribution >= 0.6 is 11.6 Å². The van der Waals surface area contributed by atoms with E-state index in [9.17, 15) is 13.2 Å². The number of hydrogen-bond donors (Lipinski definition) is 1. The second-order valence-corrected chi connectivity index (χ2v) is 8.38. The van der Waals surface area contributed by atoms with E-state index in [1.165, 1.54) is 4.31 Å².